The zero-order valence-corrected chi connectivity index (χ0v) is 19.3. The van der Waals surface area contributed by atoms with Gasteiger partial charge in [-0.05, 0) is 42.0 Å². The quantitative estimate of drug-likeness (QED) is 0.317. The topological polar surface area (TPSA) is 98.9 Å². The molecule has 1 amide bonds. The van der Waals surface area contributed by atoms with Crippen LogP contribution in [0.4, 0.5) is 0 Å². The number of benzene rings is 2. The number of nitrogens with zero attached hydrogens (tertiary/aromatic N) is 4. The van der Waals surface area contributed by atoms with E-state index in [0.29, 0.717) is 17.3 Å². The Kier molecular flexibility index (Phi) is 6.09. The van der Waals surface area contributed by atoms with Gasteiger partial charge < -0.3 is 15.0 Å². The van der Waals surface area contributed by atoms with Gasteiger partial charge in [0.15, 0.2) is 5.16 Å². The fourth-order valence-corrected chi connectivity index (χ4v) is 4.57. The molecule has 8 nitrogen and oxygen atoms in total. The summed E-state index contributed by atoms with van der Waals surface area (Å²) in [5.74, 6) is 7.54. The van der Waals surface area contributed by atoms with Gasteiger partial charge >= 0.3 is 0 Å². The highest BCUT2D eigenvalue weighted by Gasteiger charge is 2.35. The molecule has 9 heteroatoms. The van der Waals surface area contributed by atoms with Crippen LogP contribution in [0, 0.1) is 0 Å². The average molecular weight is 474 g/mol. The van der Waals surface area contributed by atoms with Crippen molar-refractivity contribution in [3.8, 4) is 17.0 Å². The van der Waals surface area contributed by atoms with Gasteiger partial charge in [0.1, 0.15) is 17.6 Å². The molecule has 0 fully saturated rings. The maximum Gasteiger partial charge on any atom is 0.253 e. The zero-order valence-electron chi connectivity index (χ0n) is 18.5. The number of furan rings is 1. The number of hydrogen-bond acceptors (Lipinski definition) is 7. The summed E-state index contributed by atoms with van der Waals surface area (Å²) in [7, 11) is 1.63. The normalized spacial score (nSPS) is 15.4. The molecule has 2 aromatic carbocycles. The second kappa shape index (κ2) is 9.48. The minimum Gasteiger partial charge on any atom is -0.497 e. The molecule has 0 radical (unpaired) electrons. The third-order valence-corrected chi connectivity index (χ3v) is 6.50. The van der Waals surface area contributed by atoms with Crippen LogP contribution in [-0.4, -0.2) is 39.2 Å². The van der Waals surface area contributed by atoms with Crippen molar-refractivity contribution >= 4 is 23.4 Å². The molecule has 0 bridgehead atoms. The predicted molar refractivity (Wildman–Crippen MR) is 131 cm³/mol. The third kappa shape index (κ3) is 4.42. The first kappa shape index (κ1) is 21.8. The Bertz CT molecular complexity index is 1300. The van der Waals surface area contributed by atoms with Crippen LogP contribution in [-0.2, 0) is 4.79 Å². The van der Waals surface area contributed by atoms with Crippen LogP contribution in [0.5, 0.6) is 5.75 Å². The van der Waals surface area contributed by atoms with Crippen LogP contribution < -0.4 is 10.6 Å². The molecule has 0 saturated heterocycles. The molecule has 0 aliphatic carbocycles. The first-order valence-electron chi connectivity index (χ1n) is 10.7. The van der Waals surface area contributed by atoms with Gasteiger partial charge in [-0.3, -0.25) is 4.79 Å². The minimum absolute atomic E-state index is 0.138. The van der Waals surface area contributed by atoms with E-state index in [1.807, 2.05) is 66.7 Å². The standard InChI is InChI=1S/C25H23N5O3S/c1-32-19-11-9-18(10-12-19)20-14-22(23-8-5-13-33-23)30(28-20)24(31)16-34-25-27-21(15-29(25)26)17-6-3-2-4-7-17/h2-13,15,22H,14,16,26H2,1H3. The summed E-state index contributed by atoms with van der Waals surface area (Å²) in [6, 6.07) is 20.8. The molecule has 1 atom stereocenters. The smallest absolute Gasteiger partial charge is 0.253 e. The molecular weight excluding hydrogens is 450 g/mol. The third-order valence-electron chi connectivity index (χ3n) is 5.55. The number of carbonyl (C=O) groups is 1. The van der Waals surface area contributed by atoms with E-state index in [-0.39, 0.29) is 17.7 Å². The number of thioether (sulfide) groups is 1. The minimum atomic E-state index is -0.308. The van der Waals surface area contributed by atoms with Gasteiger partial charge in [0.2, 0.25) is 0 Å². The van der Waals surface area contributed by atoms with E-state index in [9.17, 15) is 4.79 Å². The second-order valence-electron chi connectivity index (χ2n) is 7.72. The van der Waals surface area contributed by atoms with Crippen LogP contribution in [0.1, 0.15) is 23.8 Å². The maximum atomic E-state index is 13.2. The Morgan fingerprint density at radius 2 is 1.91 bits per heavy atom. The van der Waals surface area contributed by atoms with Gasteiger partial charge in [0.25, 0.3) is 5.91 Å². The number of hydrogen-bond donors (Lipinski definition) is 1. The van der Waals surface area contributed by atoms with Gasteiger partial charge in [-0.2, -0.15) is 5.10 Å². The van der Waals surface area contributed by atoms with E-state index in [2.05, 4.69) is 10.1 Å². The van der Waals surface area contributed by atoms with E-state index >= 15 is 0 Å². The first-order valence-corrected chi connectivity index (χ1v) is 11.7. The van der Waals surface area contributed by atoms with E-state index < -0.39 is 0 Å². The molecule has 1 aliphatic heterocycles. The number of methoxy groups -OCH3 is 1. The van der Waals surface area contributed by atoms with Crippen LogP contribution in [0.25, 0.3) is 11.3 Å². The molecule has 2 N–H and O–H groups in total. The summed E-state index contributed by atoms with van der Waals surface area (Å²) in [5, 5.41) is 6.73. The number of amides is 1. The van der Waals surface area contributed by atoms with Crippen LogP contribution in [0.15, 0.2) is 93.9 Å². The second-order valence-corrected chi connectivity index (χ2v) is 8.66. The Morgan fingerprint density at radius 3 is 2.62 bits per heavy atom. The van der Waals surface area contributed by atoms with Crippen molar-refractivity contribution in [1.29, 1.82) is 0 Å². The maximum absolute atomic E-state index is 13.2. The van der Waals surface area contributed by atoms with Crippen LogP contribution in [0.2, 0.25) is 0 Å². The highest BCUT2D eigenvalue weighted by Crippen LogP contribution is 2.34. The lowest BCUT2D eigenvalue weighted by molar-refractivity contribution is -0.130. The van der Waals surface area contributed by atoms with Crippen molar-refractivity contribution in [3.63, 3.8) is 0 Å². The average Bonchev–Trinajstić information content (AvgIpc) is 3.63. The van der Waals surface area contributed by atoms with Crippen molar-refractivity contribution in [2.45, 2.75) is 17.6 Å². The first-order chi connectivity index (χ1) is 16.6. The fraction of sp³-hybridized carbons (Fsp3) is 0.160. The summed E-state index contributed by atoms with van der Waals surface area (Å²) in [5.41, 5.74) is 3.47. The number of nitrogen functional groups attached to an aromatic ring is 1. The molecule has 34 heavy (non-hydrogen) atoms. The highest BCUT2D eigenvalue weighted by atomic mass is 32.2. The van der Waals surface area contributed by atoms with Crippen LogP contribution in [0.3, 0.4) is 0 Å². The van der Waals surface area contributed by atoms with Crippen molar-refractivity contribution in [3.05, 3.63) is 90.5 Å². The number of carbonyl (C=O) groups excluding carboxylic acids is 1. The largest absolute Gasteiger partial charge is 0.497 e. The molecule has 0 saturated carbocycles. The lowest BCUT2D eigenvalue weighted by Gasteiger charge is -2.19. The Morgan fingerprint density at radius 1 is 1.12 bits per heavy atom. The number of nitrogens with two attached hydrogens (primary N) is 1. The van der Waals surface area contributed by atoms with Crippen molar-refractivity contribution in [1.82, 2.24) is 14.7 Å². The molecule has 3 heterocycles. The summed E-state index contributed by atoms with van der Waals surface area (Å²) < 4.78 is 12.3. The van der Waals surface area contributed by atoms with Crippen molar-refractivity contribution < 1.29 is 13.9 Å². The van der Waals surface area contributed by atoms with Gasteiger partial charge in [-0.1, -0.05) is 42.1 Å². The highest BCUT2D eigenvalue weighted by molar-refractivity contribution is 7.99. The van der Waals surface area contributed by atoms with E-state index in [1.54, 1.807) is 19.6 Å². The lowest BCUT2D eigenvalue weighted by atomic mass is 10.0. The zero-order chi connectivity index (χ0) is 23.5. The van der Waals surface area contributed by atoms with Crippen LogP contribution >= 0.6 is 11.8 Å². The van der Waals surface area contributed by atoms with E-state index in [1.165, 1.54) is 21.4 Å². The van der Waals surface area contributed by atoms with E-state index in [0.717, 1.165) is 28.3 Å². The van der Waals surface area contributed by atoms with Gasteiger partial charge in [0, 0.05) is 12.0 Å². The van der Waals surface area contributed by atoms with Gasteiger partial charge in [-0.15, -0.1) is 0 Å². The number of imidazole rings is 1. The molecule has 5 rings (SSSR count). The fourth-order valence-electron chi connectivity index (χ4n) is 3.82. The summed E-state index contributed by atoms with van der Waals surface area (Å²) >= 11 is 1.28. The number of aromatic nitrogens is 2. The van der Waals surface area contributed by atoms with Crippen molar-refractivity contribution in [2.75, 3.05) is 18.7 Å². The monoisotopic (exact) mass is 473 g/mol. The number of rotatable bonds is 7. The Hall–Kier alpha value is -3.98. The lowest BCUT2D eigenvalue weighted by Crippen LogP contribution is -2.28. The predicted octanol–water partition coefficient (Wildman–Crippen LogP) is 4.34. The van der Waals surface area contributed by atoms with Crippen molar-refractivity contribution in [2.24, 2.45) is 5.10 Å². The summed E-state index contributed by atoms with van der Waals surface area (Å²) in [6.07, 6.45) is 3.91. The molecule has 4 aromatic rings. The van der Waals surface area contributed by atoms with Gasteiger partial charge in [-0.25, -0.2) is 14.7 Å². The van der Waals surface area contributed by atoms with Gasteiger partial charge in [0.05, 0.1) is 36.7 Å². The molecule has 0 spiro atoms. The summed E-state index contributed by atoms with van der Waals surface area (Å²) in [4.78, 5) is 17.8. The molecule has 1 unspecified atom stereocenters. The number of ether oxygens (including phenoxy) is 1. The molecule has 2 aromatic heterocycles. The Labute approximate surface area is 201 Å². The summed E-state index contributed by atoms with van der Waals surface area (Å²) in [6.45, 7) is 0. The van der Waals surface area contributed by atoms with E-state index in [4.69, 9.17) is 15.0 Å². The molecule has 172 valence electrons. The molecule has 1 aliphatic rings. The molecular formula is C25H23N5O3S. The SMILES string of the molecule is COc1ccc(C2=NN(C(=O)CSc3nc(-c4ccccc4)cn3N)C(c3ccco3)C2)cc1. The number of hydrazone groups is 1. The Balaban J connectivity index is 1.34.